The molecule has 1 amide bonds. The minimum Gasteiger partial charge on any atom is -0.356 e. The lowest BCUT2D eigenvalue weighted by Gasteiger charge is -2.07. The maximum absolute atomic E-state index is 11.2. The van der Waals surface area contributed by atoms with Gasteiger partial charge in [0.25, 0.3) is 10.2 Å². The maximum atomic E-state index is 11.2. The second-order valence-electron chi connectivity index (χ2n) is 3.13. The molecule has 90 valence electrons. The van der Waals surface area contributed by atoms with Crippen LogP contribution >= 0.6 is 0 Å². The van der Waals surface area contributed by atoms with Crippen LogP contribution in [0.25, 0.3) is 0 Å². The standard InChI is InChI=1S/C8H19N3O3S/c1-3-5-10-15(13,14)11-7-4-6-9-8(2)12/h10-11H,3-7H2,1-2H3,(H,9,12). The maximum Gasteiger partial charge on any atom is 0.276 e. The first kappa shape index (κ1) is 14.3. The Morgan fingerprint density at radius 2 is 1.73 bits per heavy atom. The zero-order valence-corrected chi connectivity index (χ0v) is 9.99. The van der Waals surface area contributed by atoms with Crippen LogP contribution < -0.4 is 14.8 Å². The van der Waals surface area contributed by atoms with E-state index in [0.717, 1.165) is 6.42 Å². The van der Waals surface area contributed by atoms with E-state index in [1.54, 1.807) is 0 Å². The molecule has 0 saturated carbocycles. The molecule has 0 atom stereocenters. The second kappa shape index (κ2) is 7.61. The van der Waals surface area contributed by atoms with Gasteiger partial charge in [0.2, 0.25) is 5.91 Å². The number of carbonyl (C=O) groups is 1. The van der Waals surface area contributed by atoms with Crippen molar-refractivity contribution in [1.29, 1.82) is 0 Å². The van der Waals surface area contributed by atoms with Crippen molar-refractivity contribution in [2.24, 2.45) is 0 Å². The SMILES string of the molecule is CCCNS(=O)(=O)NCCCNC(C)=O. The molecule has 0 bridgehead atoms. The van der Waals surface area contributed by atoms with E-state index in [4.69, 9.17) is 0 Å². The Kier molecular flexibility index (Phi) is 7.27. The normalized spacial score (nSPS) is 11.3. The Morgan fingerprint density at radius 3 is 2.27 bits per heavy atom. The van der Waals surface area contributed by atoms with E-state index >= 15 is 0 Å². The fourth-order valence-electron chi connectivity index (χ4n) is 0.847. The van der Waals surface area contributed by atoms with Gasteiger partial charge in [-0.15, -0.1) is 0 Å². The molecule has 0 saturated heterocycles. The monoisotopic (exact) mass is 237 g/mol. The molecule has 0 heterocycles. The molecule has 0 radical (unpaired) electrons. The number of nitrogens with one attached hydrogen (secondary N) is 3. The molecule has 0 aliphatic heterocycles. The van der Waals surface area contributed by atoms with Crippen LogP contribution in [-0.4, -0.2) is 34.0 Å². The summed E-state index contributed by atoms with van der Waals surface area (Å²) in [4.78, 5) is 10.5. The van der Waals surface area contributed by atoms with Crippen molar-refractivity contribution in [3.05, 3.63) is 0 Å². The molecule has 0 aromatic rings. The van der Waals surface area contributed by atoms with Gasteiger partial charge < -0.3 is 5.32 Å². The van der Waals surface area contributed by atoms with Crippen LogP contribution in [0.5, 0.6) is 0 Å². The Balaban J connectivity index is 3.53. The summed E-state index contributed by atoms with van der Waals surface area (Å²) in [6.07, 6.45) is 1.33. The van der Waals surface area contributed by atoms with Crippen molar-refractivity contribution in [1.82, 2.24) is 14.8 Å². The first-order valence-electron chi connectivity index (χ1n) is 4.96. The average molecular weight is 237 g/mol. The lowest BCUT2D eigenvalue weighted by molar-refractivity contribution is -0.118. The number of hydrogen-bond donors (Lipinski definition) is 3. The summed E-state index contributed by atoms with van der Waals surface area (Å²) in [6.45, 7) is 4.54. The topological polar surface area (TPSA) is 87.3 Å². The molecular formula is C8H19N3O3S. The molecule has 0 aromatic heterocycles. The molecule has 0 aromatic carbocycles. The molecule has 3 N–H and O–H groups in total. The summed E-state index contributed by atoms with van der Waals surface area (Å²) in [7, 11) is -3.36. The van der Waals surface area contributed by atoms with Gasteiger partial charge in [-0.2, -0.15) is 8.42 Å². The lowest BCUT2D eigenvalue weighted by Crippen LogP contribution is -2.38. The number of carbonyl (C=O) groups excluding carboxylic acids is 1. The van der Waals surface area contributed by atoms with Gasteiger partial charge in [-0.05, 0) is 12.8 Å². The van der Waals surface area contributed by atoms with Crippen molar-refractivity contribution in [2.45, 2.75) is 26.7 Å². The molecule has 0 fully saturated rings. The fraction of sp³-hybridized carbons (Fsp3) is 0.875. The lowest BCUT2D eigenvalue weighted by atomic mass is 10.4. The van der Waals surface area contributed by atoms with Crippen LogP contribution in [0.3, 0.4) is 0 Å². The molecule has 7 heteroatoms. The highest BCUT2D eigenvalue weighted by atomic mass is 32.2. The van der Waals surface area contributed by atoms with Gasteiger partial charge in [-0.1, -0.05) is 6.92 Å². The van der Waals surface area contributed by atoms with Crippen LogP contribution in [0, 0.1) is 0 Å². The van der Waals surface area contributed by atoms with Gasteiger partial charge in [0, 0.05) is 26.6 Å². The zero-order valence-electron chi connectivity index (χ0n) is 9.17. The molecule has 6 nitrogen and oxygen atoms in total. The van der Waals surface area contributed by atoms with Crippen LogP contribution in [0.4, 0.5) is 0 Å². The van der Waals surface area contributed by atoms with Gasteiger partial charge in [0.15, 0.2) is 0 Å². The molecule has 0 aliphatic rings. The fourth-order valence-corrected chi connectivity index (χ4v) is 1.83. The molecular weight excluding hydrogens is 218 g/mol. The highest BCUT2D eigenvalue weighted by molar-refractivity contribution is 7.87. The highest BCUT2D eigenvalue weighted by Crippen LogP contribution is 1.81. The first-order valence-corrected chi connectivity index (χ1v) is 6.45. The third-order valence-corrected chi connectivity index (χ3v) is 2.73. The summed E-state index contributed by atoms with van der Waals surface area (Å²) in [5, 5.41) is 2.58. The Hall–Kier alpha value is -0.660. The third kappa shape index (κ3) is 9.64. The van der Waals surface area contributed by atoms with E-state index in [0.29, 0.717) is 26.1 Å². The smallest absolute Gasteiger partial charge is 0.276 e. The van der Waals surface area contributed by atoms with E-state index in [2.05, 4.69) is 14.8 Å². The third-order valence-electron chi connectivity index (χ3n) is 1.56. The van der Waals surface area contributed by atoms with E-state index in [1.165, 1.54) is 6.92 Å². The van der Waals surface area contributed by atoms with Crippen molar-refractivity contribution in [3.8, 4) is 0 Å². The van der Waals surface area contributed by atoms with Crippen LogP contribution in [0.15, 0.2) is 0 Å². The van der Waals surface area contributed by atoms with Crippen molar-refractivity contribution in [2.75, 3.05) is 19.6 Å². The van der Waals surface area contributed by atoms with Crippen molar-refractivity contribution < 1.29 is 13.2 Å². The Bertz CT molecular complexity index is 277. The predicted molar refractivity (Wildman–Crippen MR) is 58.5 cm³/mol. The van der Waals surface area contributed by atoms with Gasteiger partial charge in [-0.25, -0.2) is 9.44 Å². The zero-order chi connectivity index (χ0) is 11.7. The number of hydrogen-bond acceptors (Lipinski definition) is 3. The Morgan fingerprint density at radius 1 is 1.13 bits per heavy atom. The summed E-state index contributed by atoms with van der Waals surface area (Å²) in [6, 6.07) is 0. The minimum absolute atomic E-state index is 0.109. The van der Waals surface area contributed by atoms with Crippen molar-refractivity contribution >= 4 is 16.1 Å². The van der Waals surface area contributed by atoms with Crippen LogP contribution in [0.2, 0.25) is 0 Å². The van der Waals surface area contributed by atoms with E-state index in [-0.39, 0.29) is 5.91 Å². The summed E-state index contributed by atoms with van der Waals surface area (Å²) in [5.74, 6) is -0.109. The largest absolute Gasteiger partial charge is 0.356 e. The Labute approximate surface area is 91.0 Å². The van der Waals surface area contributed by atoms with E-state index in [9.17, 15) is 13.2 Å². The number of amides is 1. The highest BCUT2D eigenvalue weighted by Gasteiger charge is 2.06. The van der Waals surface area contributed by atoms with Gasteiger partial charge in [-0.3, -0.25) is 4.79 Å². The van der Waals surface area contributed by atoms with Crippen LogP contribution in [0.1, 0.15) is 26.7 Å². The summed E-state index contributed by atoms with van der Waals surface area (Å²) >= 11 is 0. The van der Waals surface area contributed by atoms with Crippen LogP contribution in [-0.2, 0) is 15.0 Å². The first-order chi connectivity index (χ1) is 6.98. The van der Waals surface area contributed by atoms with E-state index in [1.807, 2.05) is 6.92 Å². The van der Waals surface area contributed by atoms with Crippen molar-refractivity contribution in [3.63, 3.8) is 0 Å². The number of rotatable bonds is 8. The summed E-state index contributed by atoms with van der Waals surface area (Å²) in [5.41, 5.74) is 0. The molecule has 0 aliphatic carbocycles. The minimum atomic E-state index is -3.36. The van der Waals surface area contributed by atoms with Gasteiger partial charge in [0.1, 0.15) is 0 Å². The molecule has 0 spiro atoms. The van der Waals surface area contributed by atoms with E-state index < -0.39 is 10.2 Å². The second-order valence-corrected chi connectivity index (χ2v) is 4.71. The van der Waals surface area contributed by atoms with Gasteiger partial charge in [0.05, 0.1) is 0 Å². The average Bonchev–Trinajstić information content (AvgIpc) is 2.14. The molecule has 15 heavy (non-hydrogen) atoms. The molecule has 0 unspecified atom stereocenters. The molecule has 0 rings (SSSR count). The summed E-state index contributed by atoms with van der Waals surface area (Å²) < 4.78 is 27.1. The van der Waals surface area contributed by atoms with Gasteiger partial charge >= 0.3 is 0 Å². The predicted octanol–water partition coefficient (Wildman–Crippen LogP) is -0.653. The quantitative estimate of drug-likeness (QED) is 0.490.